The molecule has 2 rings (SSSR count). The summed E-state index contributed by atoms with van der Waals surface area (Å²) in [6, 6.07) is 0. The lowest BCUT2D eigenvalue weighted by Gasteiger charge is -2.32. The van der Waals surface area contributed by atoms with E-state index in [-0.39, 0.29) is 17.0 Å². The van der Waals surface area contributed by atoms with Gasteiger partial charge in [0.1, 0.15) is 0 Å². The van der Waals surface area contributed by atoms with Gasteiger partial charge in [-0.15, -0.1) is 11.3 Å². The number of aromatic nitrogens is 1. The van der Waals surface area contributed by atoms with E-state index in [0.717, 1.165) is 10.5 Å². The Morgan fingerprint density at radius 3 is 2.11 bits per heavy atom. The fraction of sp³-hybridized carbons (Fsp3) is 0.667. The highest BCUT2D eigenvalue weighted by molar-refractivity contribution is 7.23. The molecule has 1 aromatic heterocycles. The summed E-state index contributed by atoms with van der Waals surface area (Å²) in [6.45, 7) is 11.4. The van der Waals surface area contributed by atoms with Crippen molar-refractivity contribution in [2.24, 2.45) is 0 Å². The van der Waals surface area contributed by atoms with E-state index in [4.69, 9.17) is 9.31 Å². The van der Waals surface area contributed by atoms with Crippen molar-refractivity contribution >= 4 is 29.0 Å². The smallest absolute Gasteiger partial charge is 0.399 e. The Bertz CT molecular complexity index is 480. The summed E-state index contributed by atoms with van der Waals surface area (Å²) < 4.78 is 12.8. The minimum Gasteiger partial charge on any atom is -0.399 e. The van der Waals surface area contributed by atoms with E-state index < -0.39 is 7.12 Å². The van der Waals surface area contributed by atoms with Crippen LogP contribution < -0.4 is 4.78 Å². The number of carbonyl (C=O) groups excluding carboxylic acids is 1. The third-order valence-corrected chi connectivity index (χ3v) is 4.88. The van der Waals surface area contributed by atoms with Crippen LogP contribution in [0.15, 0.2) is 0 Å². The zero-order valence-corrected chi connectivity index (χ0v) is 12.5. The number of hydrogen-bond acceptors (Lipinski definition) is 5. The standard InChI is InChI=1S/C12H18BNO3S/c1-7-9(18-10(14-7)8(2)15)13-16-11(3,4)12(5,6)17-13/h1-6H3. The molecule has 98 valence electrons. The first-order valence-corrected chi connectivity index (χ1v) is 6.79. The number of thiazole rings is 1. The first-order chi connectivity index (χ1) is 8.14. The molecule has 0 amide bonds. The normalized spacial score (nSPS) is 21.3. The molecule has 18 heavy (non-hydrogen) atoms. The fourth-order valence-corrected chi connectivity index (χ4v) is 2.65. The average molecular weight is 267 g/mol. The van der Waals surface area contributed by atoms with Crippen LogP contribution in [0.3, 0.4) is 0 Å². The SMILES string of the molecule is CC(=O)c1nc(C)c(B2OC(C)(C)C(C)(C)O2)s1. The lowest BCUT2D eigenvalue weighted by Crippen LogP contribution is -2.41. The molecule has 1 fully saturated rings. The van der Waals surface area contributed by atoms with E-state index in [1.54, 1.807) is 0 Å². The Hall–Kier alpha value is -0.715. The van der Waals surface area contributed by atoms with Gasteiger partial charge in [-0.1, -0.05) is 0 Å². The number of ketones is 1. The highest BCUT2D eigenvalue weighted by atomic mass is 32.1. The van der Waals surface area contributed by atoms with Gasteiger partial charge in [-0.05, 0) is 34.6 Å². The van der Waals surface area contributed by atoms with Gasteiger partial charge in [0.2, 0.25) is 0 Å². The Morgan fingerprint density at radius 2 is 1.72 bits per heavy atom. The first kappa shape index (κ1) is 13.7. The molecule has 1 saturated heterocycles. The van der Waals surface area contributed by atoms with Crippen LogP contribution in [0.5, 0.6) is 0 Å². The number of aryl methyl sites for hydroxylation is 1. The van der Waals surface area contributed by atoms with Crippen LogP contribution in [0.2, 0.25) is 0 Å². The second-order valence-corrected chi connectivity index (χ2v) is 6.64. The van der Waals surface area contributed by atoms with Crippen molar-refractivity contribution in [2.75, 3.05) is 0 Å². The molecule has 2 heterocycles. The molecule has 0 radical (unpaired) electrons. The van der Waals surface area contributed by atoms with E-state index in [0.29, 0.717) is 5.01 Å². The molecular formula is C12H18BNO3S. The molecule has 0 aliphatic carbocycles. The van der Waals surface area contributed by atoms with Crippen molar-refractivity contribution in [3.63, 3.8) is 0 Å². The summed E-state index contributed by atoms with van der Waals surface area (Å²) in [4.78, 5) is 15.6. The predicted molar refractivity (Wildman–Crippen MR) is 72.6 cm³/mol. The zero-order chi connectivity index (χ0) is 13.7. The van der Waals surface area contributed by atoms with Gasteiger partial charge in [-0.2, -0.15) is 0 Å². The molecule has 6 heteroatoms. The molecule has 1 aliphatic heterocycles. The molecule has 0 saturated carbocycles. The third-order valence-electron chi connectivity index (χ3n) is 3.60. The summed E-state index contributed by atoms with van der Waals surface area (Å²) in [5.74, 6) is -0.0223. The quantitative estimate of drug-likeness (QED) is 0.607. The van der Waals surface area contributed by atoms with Gasteiger partial charge in [0, 0.05) is 12.6 Å². The van der Waals surface area contributed by atoms with Gasteiger partial charge < -0.3 is 9.31 Å². The Balaban J connectivity index is 2.32. The molecule has 0 N–H and O–H groups in total. The molecule has 0 spiro atoms. The van der Waals surface area contributed by atoms with Crippen molar-refractivity contribution in [3.05, 3.63) is 10.7 Å². The van der Waals surface area contributed by atoms with Crippen LogP contribution in [0.1, 0.15) is 50.1 Å². The lowest BCUT2D eigenvalue weighted by molar-refractivity contribution is 0.00578. The molecule has 4 nitrogen and oxygen atoms in total. The average Bonchev–Trinajstić information content (AvgIpc) is 2.66. The number of carbonyl (C=O) groups is 1. The maximum absolute atomic E-state index is 11.3. The van der Waals surface area contributed by atoms with Gasteiger partial charge >= 0.3 is 7.12 Å². The molecule has 0 atom stereocenters. The van der Waals surface area contributed by atoms with Gasteiger partial charge in [0.05, 0.1) is 16.0 Å². The molecule has 0 aromatic carbocycles. The van der Waals surface area contributed by atoms with Crippen LogP contribution in [0.25, 0.3) is 0 Å². The van der Waals surface area contributed by atoms with E-state index >= 15 is 0 Å². The van der Waals surface area contributed by atoms with Crippen LogP contribution >= 0.6 is 11.3 Å². The van der Waals surface area contributed by atoms with E-state index in [9.17, 15) is 4.79 Å². The van der Waals surface area contributed by atoms with Crippen molar-refractivity contribution in [3.8, 4) is 0 Å². The second-order valence-electron chi connectivity index (χ2n) is 5.61. The number of hydrogen-bond donors (Lipinski definition) is 0. The van der Waals surface area contributed by atoms with Crippen LogP contribution in [-0.4, -0.2) is 29.1 Å². The second kappa shape index (κ2) is 4.15. The zero-order valence-electron chi connectivity index (χ0n) is 11.7. The molecule has 1 aromatic rings. The number of Topliss-reactive ketones (excluding diaryl/α,β-unsaturated/α-hetero) is 1. The third kappa shape index (κ3) is 2.13. The van der Waals surface area contributed by atoms with Crippen LogP contribution in [-0.2, 0) is 9.31 Å². The van der Waals surface area contributed by atoms with Crippen molar-refractivity contribution < 1.29 is 14.1 Å². The summed E-state index contributed by atoms with van der Waals surface area (Å²) in [5, 5.41) is 0.511. The van der Waals surface area contributed by atoms with Gasteiger partial charge in [-0.3, -0.25) is 4.79 Å². The topological polar surface area (TPSA) is 48.4 Å². The van der Waals surface area contributed by atoms with Crippen molar-refractivity contribution in [1.82, 2.24) is 4.98 Å². The summed E-state index contributed by atoms with van der Waals surface area (Å²) >= 11 is 1.36. The fourth-order valence-electron chi connectivity index (χ4n) is 1.73. The Kier molecular flexibility index (Phi) is 3.16. The highest BCUT2D eigenvalue weighted by Gasteiger charge is 2.52. The number of nitrogens with zero attached hydrogens (tertiary/aromatic N) is 1. The summed E-state index contributed by atoms with van der Waals surface area (Å²) in [7, 11) is -0.430. The Morgan fingerprint density at radius 1 is 1.22 bits per heavy atom. The van der Waals surface area contributed by atoms with Crippen LogP contribution in [0, 0.1) is 6.92 Å². The minimum absolute atomic E-state index is 0.0223. The lowest BCUT2D eigenvalue weighted by atomic mass is 9.86. The maximum atomic E-state index is 11.3. The van der Waals surface area contributed by atoms with Gasteiger partial charge in [0.15, 0.2) is 10.8 Å². The van der Waals surface area contributed by atoms with E-state index in [1.165, 1.54) is 18.3 Å². The minimum atomic E-state index is -0.430. The molecular weight excluding hydrogens is 249 g/mol. The molecule has 1 aliphatic rings. The highest BCUT2D eigenvalue weighted by Crippen LogP contribution is 2.37. The van der Waals surface area contributed by atoms with Gasteiger partial charge in [0.25, 0.3) is 0 Å². The Labute approximate surface area is 112 Å². The largest absolute Gasteiger partial charge is 0.507 e. The predicted octanol–water partition coefficient (Wildman–Crippen LogP) is 1.95. The maximum Gasteiger partial charge on any atom is 0.507 e. The monoisotopic (exact) mass is 267 g/mol. The summed E-state index contributed by atoms with van der Waals surface area (Å²) in [5.41, 5.74) is 0.0679. The first-order valence-electron chi connectivity index (χ1n) is 5.98. The number of rotatable bonds is 2. The van der Waals surface area contributed by atoms with Crippen LogP contribution in [0.4, 0.5) is 0 Å². The van der Waals surface area contributed by atoms with Gasteiger partial charge in [-0.25, -0.2) is 4.98 Å². The molecule has 0 unspecified atom stereocenters. The van der Waals surface area contributed by atoms with Crippen molar-refractivity contribution in [2.45, 2.75) is 52.7 Å². The van der Waals surface area contributed by atoms with E-state index in [2.05, 4.69) is 4.98 Å². The van der Waals surface area contributed by atoms with E-state index in [1.807, 2.05) is 34.6 Å². The molecule has 0 bridgehead atoms. The van der Waals surface area contributed by atoms with Crippen molar-refractivity contribution in [1.29, 1.82) is 0 Å². The summed E-state index contributed by atoms with van der Waals surface area (Å²) in [6.07, 6.45) is 0.